The summed E-state index contributed by atoms with van der Waals surface area (Å²) in [5.41, 5.74) is 6.16. The van der Waals surface area contributed by atoms with Gasteiger partial charge in [0.15, 0.2) is 5.78 Å². The molecular weight excluding hydrogens is 590 g/mol. The van der Waals surface area contributed by atoms with Gasteiger partial charge >= 0.3 is 0 Å². The lowest BCUT2D eigenvalue weighted by Gasteiger charge is -2.40. The Balaban J connectivity index is 1.54. The molecule has 186 valence electrons. The first-order valence-corrected chi connectivity index (χ1v) is 14.1. The van der Waals surface area contributed by atoms with E-state index >= 15 is 0 Å². The third-order valence-electron chi connectivity index (χ3n) is 7.31. The van der Waals surface area contributed by atoms with Crippen molar-refractivity contribution in [3.05, 3.63) is 110 Å². The summed E-state index contributed by atoms with van der Waals surface area (Å²) in [7, 11) is 0. The molecular formula is C32H27Br2NO2. The van der Waals surface area contributed by atoms with Crippen LogP contribution in [0.4, 0.5) is 5.69 Å². The van der Waals surface area contributed by atoms with Gasteiger partial charge in [-0.2, -0.15) is 0 Å². The second-order valence-electron chi connectivity index (χ2n) is 10.7. The minimum atomic E-state index is -0.313. The number of fused-ring (bicyclic) bond motifs is 4. The number of anilines is 1. The van der Waals surface area contributed by atoms with Crippen LogP contribution in [0, 0.1) is 5.41 Å². The van der Waals surface area contributed by atoms with E-state index in [1.54, 1.807) is 0 Å². The van der Waals surface area contributed by atoms with Gasteiger partial charge in [-0.25, -0.2) is 0 Å². The fourth-order valence-corrected chi connectivity index (χ4v) is 7.12. The number of hydrogen-bond acceptors (Lipinski definition) is 3. The molecule has 0 saturated carbocycles. The predicted octanol–water partition coefficient (Wildman–Crippen LogP) is 9.25. The van der Waals surface area contributed by atoms with Crippen molar-refractivity contribution in [3.8, 4) is 5.75 Å². The summed E-state index contributed by atoms with van der Waals surface area (Å²) in [5.74, 6) is 0.950. The molecule has 0 saturated heterocycles. The molecule has 1 N–H and O–H groups in total. The molecule has 6 rings (SSSR count). The van der Waals surface area contributed by atoms with Crippen molar-refractivity contribution in [2.24, 2.45) is 5.41 Å². The zero-order valence-corrected chi connectivity index (χ0v) is 23.9. The molecule has 0 spiro atoms. The molecule has 0 aromatic heterocycles. The maximum atomic E-state index is 13.9. The summed E-state index contributed by atoms with van der Waals surface area (Å²) in [6.45, 7) is 4.83. The number of nitrogens with one attached hydrogen (secondary N) is 1. The molecule has 1 atom stereocenters. The van der Waals surface area contributed by atoms with Crippen molar-refractivity contribution in [2.75, 3.05) is 5.32 Å². The predicted molar refractivity (Wildman–Crippen MR) is 158 cm³/mol. The quantitative estimate of drug-likeness (QED) is 0.248. The Morgan fingerprint density at radius 3 is 2.51 bits per heavy atom. The van der Waals surface area contributed by atoms with Gasteiger partial charge in [-0.3, -0.25) is 4.79 Å². The maximum Gasteiger partial charge on any atom is 0.162 e. The number of rotatable bonds is 4. The maximum absolute atomic E-state index is 13.9. The fourth-order valence-electron chi connectivity index (χ4n) is 5.75. The lowest BCUT2D eigenvalue weighted by atomic mass is 9.68. The Bertz CT molecular complexity index is 1570. The van der Waals surface area contributed by atoms with Crippen LogP contribution in [0.5, 0.6) is 5.75 Å². The number of allylic oxidation sites excluding steroid dienone is 1. The van der Waals surface area contributed by atoms with E-state index in [9.17, 15) is 4.79 Å². The minimum absolute atomic E-state index is 0.101. The van der Waals surface area contributed by atoms with Crippen LogP contribution >= 0.6 is 31.9 Å². The highest BCUT2D eigenvalue weighted by molar-refractivity contribution is 9.11. The Morgan fingerprint density at radius 2 is 1.70 bits per heavy atom. The number of carbonyl (C=O) groups is 1. The second kappa shape index (κ2) is 9.45. The molecule has 0 amide bonds. The minimum Gasteiger partial charge on any atom is -0.487 e. The number of Topliss-reactive ketones (excluding diaryl/α,β-unsaturated/α-hetero) is 1. The molecule has 1 aliphatic heterocycles. The molecule has 4 aromatic rings. The molecule has 0 radical (unpaired) electrons. The van der Waals surface area contributed by atoms with Gasteiger partial charge in [0.05, 0.1) is 10.5 Å². The van der Waals surface area contributed by atoms with Crippen molar-refractivity contribution in [1.29, 1.82) is 0 Å². The number of halogens is 2. The van der Waals surface area contributed by atoms with E-state index in [2.05, 4.69) is 106 Å². The molecule has 3 nitrogen and oxygen atoms in total. The van der Waals surface area contributed by atoms with E-state index in [1.165, 1.54) is 10.8 Å². The molecule has 2 aliphatic rings. The first-order chi connectivity index (χ1) is 17.8. The highest BCUT2D eigenvalue weighted by Gasteiger charge is 2.41. The SMILES string of the molecule is CC1(C)CC(=O)C2=C(C1)c1c(ccc3ccccc13)N[C@@H]2c1cc(Br)cc(Br)c1OCc1ccccc1. The van der Waals surface area contributed by atoms with Crippen LogP contribution < -0.4 is 10.1 Å². The number of ketones is 1. The van der Waals surface area contributed by atoms with Gasteiger partial charge < -0.3 is 10.1 Å². The van der Waals surface area contributed by atoms with Gasteiger partial charge in [-0.05, 0) is 67.9 Å². The first-order valence-electron chi connectivity index (χ1n) is 12.5. The molecule has 1 heterocycles. The zero-order valence-electron chi connectivity index (χ0n) is 20.8. The lowest BCUT2D eigenvalue weighted by molar-refractivity contribution is -0.118. The second-order valence-corrected chi connectivity index (χ2v) is 12.5. The third-order valence-corrected chi connectivity index (χ3v) is 8.36. The van der Waals surface area contributed by atoms with Crippen LogP contribution in [0.25, 0.3) is 16.3 Å². The monoisotopic (exact) mass is 615 g/mol. The fraction of sp³-hybridized carbons (Fsp3) is 0.219. The average molecular weight is 617 g/mol. The van der Waals surface area contributed by atoms with Gasteiger partial charge in [-0.15, -0.1) is 0 Å². The van der Waals surface area contributed by atoms with Gasteiger partial charge in [0.1, 0.15) is 12.4 Å². The van der Waals surface area contributed by atoms with Crippen LogP contribution in [0.2, 0.25) is 0 Å². The van der Waals surface area contributed by atoms with Crippen LogP contribution in [-0.2, 0) is 11.4 Å². The largest absolute Gasteiger partial charge is 0.487 e. The van der Waals surface area contributed by atoms with Crippen molar-refractivity contribution < 1.29 is 9.53 Å². The van der Waals surface area contributed by atoms with Crippen LogP contribution in [-0.4, -0.2) is 5.78 Å². The van der Waals surface area contributed by atoms with E-state index in [0.29, 0.717) is 13.0 Å². The summed E-state index contributed by atoms with van der Waals surface area (Å²) in [6.07, 6.45) is 1.38. The summed E-state index contributed by atoms with van der Waals surface area (Å²) in [4.78, 5) is 13.9. The Morgan fingerprint density at radius 1 is 0.946 bits per heavy atom. The van der Waals surface area contributed by atoms with E-state index in [4.69, 9.17) is 4.74 Å². The highest BCUT2D eigenvalue weighted by Crippen LogP contribution is 2.53. The van der Waals surface area contributed by atoms with E-state index in [-0.39, 0.29) is 17.2 Å². The summed E-state index contributed by atoms with van der Waals surface area (Å²) >= 11 is 7.42. The zero-order chi connectivity index (χ0) is 25.7. The number of hydrogen-bond donors (Lipinski definition) is 1. The van der Waals surface area contributed by atoms with Crippen LogP contribution in [0.3, 0.4) is 0 Å². The van der Waals surface area contributed by atoms with E-state index in [1.807, 2.05) is 24.3 Å². The first kappa shape index (κ1) is 24.4. The average Bonchev–Trinajstić information content (AvgIpc) is 2.86. The number of benzene rings is 4. The number of ether oxygens (including phenoxy) is 1. The molecule has 0 fully saturated rings. The summed E-state index contributed by atoms with van der Waals surface area (Å²) in [6, 6.07) is 26.6. The van der Waals surface area contributed by atoms with Crippen LogP contribution in [0.15, 0.2) is 93.4 Å². The van der Waals surface area contributed by atoms with Crippen molar-refractivity contribution in [1.82, 2.24) is 0 Å². The van der Waals surface area contributed by atoms with Crippen LogP contribution in [0.1, 0.15) is 49.4 Å². The smallest absolute Gasteiger partial charge is 0.162 e. The normalized spacial score (nSPS) is 18.3. The molecule has 1 aliphatic carbocycles. The Labute approximate surface area is 234 Å². The number of carbonyl (C=O) groups excluding carboxylic acids is 1. The third kappa shape index (κ3) is 4.53. The van der Waals surface area contributed by atoms with Gasteiger partial charge in [0.25, 0.3) is 0 Å². The van der Waals surface area contributed by atoms with Crippen molar-refractivity contribution in [3.63, 3.8) is 0 Å². The summed E-state index contributed by atoms with van der Waals surface area (Å²) < 4.78 is 8.22. The molecule has 0 bridgehead atoms. The summed E-state index contributed by atoms with van der Waals surface area (Å²) in [5, 5.41) is 6.12. The highest BCUT2D eigenvalue weighted by atomic mass is 79.9. The topological polar surface area (TPSA) is 38.3 Å². The molecule has 4 aromatic carbocycles. The van der Waals surface area contributed by atoms with Gasteiger partial charge in [-0.1, -0.05) is 90.4 Å². The standard InChI is InChI=1S/C32H27Br2NO2/c1-32(2)16-24-28-22-11-7-6-10-20(22)12-13-26(28)35-30(29(24)27(36)17-32)23-14-21(33)15-25(34)31(23)37-18-19-8-4-3-5-9-19/h3-15,30,35H,16-18H2,1-2H3/t30-/m1/s1. The van der Waals surface area contributed by atoms with E-state index in [0.717, 1.165) is 54.6 Å². The van der Waals surface area contributed by atoms with Crippen molar-refractivity contribution >= 4 is 59.7 Å². The van der Waals surface area contributed by atoms with Gasteiger partial charge in [0, 0.05) is 33.3 Å². The van der Waals surface area contributed by atoms with Crippen molar-refractivity contribution in [2.45, 2.75) is 39.3 Å². The Hall–Kier alpha value is -2.89. The van der Waals surface area contributed by atoms with Gasteiger partial charge in [0.2, 0.25) is 0 Å². The molecule has 0 unspecified atom stereocenters. The van der Waals surface area contributed by atoms with E-state index < -0.39 is 0 Å². The molecule has 37 heavy (non-hydrogen) atoms. The lowest BCUT2D eigenvalue weighted by Crippen LogP contribution is -2.33. The Kier molecular flexibility index (Phi) is 6.24. The molecule has 5 heteroatoms.